The zero-order chi connectivity index (χ0) is 16.9. The molecule has 1 aliphatic heterocycles. The molecule has 1 saturated heterocycles. The molecule has 4 aliphatic carbocycles. The van der Waals surface area contributed by atoms with Gasteiger partial charge in [-0.3, -0.25) is 9.69 Å². The molecule has 1 amide bonds. The third-order valence-electron chi connectivity index (χ3n) is 7.01. The highest BCUT2D eigenvalue weighted by Crippen LogP contribution is 2.60. The van der Waals surface area contributed by atoms with Crippen molar-refractivity contribution in [2.75, 3.05) is 18.4 Å². The lowest BCUT2D eigenvalue weighted by molar-refractivity contribution is -0.140. The molecule has 0 radical (unpaired) electrons. The number of carbonyl (C=O) groups excluding carboxylic acids is 1. The topological polar surface area (TPSA) is 58.1 Å². The lowest BCUT2D eigenvalue weighted by Gasteiger charge is -2.55. The first-order chi connectivity index (χ1) is 12.2. The van der Waals surface area contributed by atoms with Crippen LogP contribution in [-0.2, 0) is 11.3 Å². The van der Waals surface area contributed by atoms with Gasteiger partial charge in [0.25, 0.3) is 0 Å². The fourth-order valence-corrected chi connectivity index (χ4v) is 7.07. The predicted octanol–water partition coefficient (Wildman–Crippen LogP) is 3.68. The zero-order valence-corrected chi connectivity index (χ0v) is 15.7. The van der Waals surface area contributed by atoms with Gasteiger partial charge in [0.1, 0.15) is 5.01 Å². The van der Waals surface area contributed by atoms with Crippen molar-refractivity contribution in [2.24, 2.45) is 23.2 Å². The Morgan fingerprint density at radius 1 is 1.04 bits per heavy atom. The van der Waals surface area contributed by atoms with Crippen molar-refractivity contribution in [1.82, 2.24) is 15.1 Å². The number of amides is 1. The first kappa shape index (κ1) is 16.2. The molecule has 6 heteroatoms. The van der Waals surface area contributed by atoms with Crippen molar-refractivity contribution in [3.63, 3.8) is 0 Å². The lowest BCUT2D eigenvalue weighted by Crippen LogP contribution is -2.51. The van der Waals surface area contributed by atoms with Crippen LogP contribution in [0.4, 0.5) is 5.13 Å². The van der Waals surface area contributed by atoms with Crippen molar-refractivity contribution in [2.45, 2.75) is 64.3 Å². The fourth-order valence-electron chi connectivity index (χ4n) is 6.30. The second-order valence-corrected chi connectivity index (χ2v) is 10.1. The average molecular weight is 361 g/mol. The maximum atomic E-state index is 13.1. The number of likely N-dealkylation sites (tertiary alicyclic amines) is 1. The molecule has 1 N–H and O–H groups in total. The molecule has 4 saturated carbocycles. The summed E-state index contributed by atoms with van der Waals surface area (Å²) in [5.74, 6) is 2.61. The van der Waals surface area contributed by atoms with E-state index in [1.807, 2.05) is 0 Å². The van der Waals surface area contributed by atoms with Crippen LogP contribution in [0, 0.1) is 23.2 Å². The van der Waals surface area contributed by atoms with E-state index in [0.717, 1.165) is 61.7 Å². The third kappa shape index (κ3) is 3.12. The molecule has 1 aromatic rings. The molecule has 2 heterocycles. The van der Waals surface area contributed by atoms with Crippen molar-refractivity contribution in [3.05, 3.63) is 5.01 Å². The third-order valence-corrected chi connectivity index (χ3v) is 7.84. The molecule has 5 nitrogen and oxygen atoms in total. The molecule has 25 heavy (non-hydrogen) atoms. The Morgan fingerprint density at radius 3 is 2.32 bits per heavy atom. The van der Waals surface area contributed by atoms with E-state index in [2.05, 4.69) is 20.4 Å². The van der Waals surface area contributed by atoms with Crippen LogP contribution >= 0.6 is 11.3 Å². The van der Waals surface area contributed by atoms with Gasteiger partial charge in [-0.1, -0.05) is 17.8 Å². The molecular weight excluding hydrogens is 332 g/mol. The number of anilines is 1. The summed E-state index contributed by atoms with van der Waals surface area (Å²) in [6.45, 7) is 3.20. The molecule has 6 rings (SSSR count). The lowest BCUT2D eigenvalue weighted by atomic mass is 9.49. The normalized spacial score (nSPS) is 37.4. The van der Waals surface area contributed by atoms with Crippen LogP contribution in [0.25, 0.3) is 0 Å². The molecule has 5 aliphatic rings. The summed E-state index contributed by atoms with van der Waals surface area (Å²) in [6.07, 6.45) is 11.3. The van der Waals surface area contributed by atoms with Crippen LogP contribution in [-0.4, -0.2) is 34.1 Å². The summed E-state index contributed by atoms with van der Waals surface area (Å²) in [5.41, 5.74) is -0.104. The van der Waals surface area contributed by atoms with Gasteiger partial charge in [0.05, 0.1) is 12.0 Å². The van der Waals surface area contributed by atoms with Gasteiger partial charge in [-0.25, -0.2) is 0 Å². The van der Waals surface area contributed by atoms with Gasteiger partial charge in [0, 0.05) is 0 Å². The highest BCUT2D eigenvalue weighted by Gasteiger charge is 2.54. The Kier molecular flexibility index (Phi) is 4.08. The predicted molar refractivity (Wildman–Crippen MR) is 98.3 cm³/mol. The summed E-state index contributed by atoms with van der Waals surface area (Å²) in [7, 11) is 0. The number of piperidine rings is 1. The van der Waals surface area contributed by atoms with Crippen LogP contribution < -0.4 is 5.32 Å². The maximum Gasteiger partial charge on any atom is 0.232 e. The number of hydrogen-bond donors (Lipinski definition) is 1. The first-order valence-electron chi connectivity index (χ1n) is 10.0. The van der Waals surface area contributed by atoms with Crippen molar-refractivity contribution >= 4 is 22.4 Å². The average Bonchev–Trinajstić information content (AvgIpc) is 3.01. The van der Waals surface area contributed by atoms with Gasteiger partial charge in [-0.05, 0) is 82.2 Å². The summed E-state index contributed by atoms with van der Waals surface area (Å²) in [5, 5.41) is 13.5. The minimum atomic E-state index is -0.104. The molecular formula is C19H28N4OS. The van der Waals surface area contributed by atoms with E-state index in [9.17, 15) is 4.79 Å². The SMILES string of the molecule is O=C(Nc1nnc(CN2CCCCC2)s1)C12CC3CC(CC(C3)C1)C2. The van der Waals surface area contributed by atoms with E-state index in [4.69, 9.17) is 0 Å². The van der Waals surface area contributed by atoms with Gasteiger partial charge >= 0.3 is 0 Å². The molecule has 0 unspecified atom stereocenters. The number of nitrogens with zero attached hydrogens (tertiary/aromatic N) is 3. The van der Waals surface area contributed by atoms with E-state index in [1.54, 1.807) is 11.3 Å². The molecule has 136 valence electrons. The molecule has 0 spiro atoms. The quantitative estimate of drug-likeness (QED) is 0.890. The number of carbonyl (C=O) groups is 1. The van der Waals surface area contributed by atoms with Gasteiger partial charge in [0.15, 0.2) is 0 Å². The van der Waals surface area contributed by atoms with Crippen LogP contribution in [0.1, 0.15) is 62.8 Å². The van der Waals surface area contributed by atoms with Gasteiger partial charge in [0.2, 0.25) is 11.0 Å². The Balaban J connectivity index is 1.24. The first-order valence-corrected chi connectivity index (χ1v) is 10.9. The highest BCUT2D eigenvalue weighted by atomic mass is 32.1. The van der Waals surface area contributed by atoms with Crippen LogP contribution in [0.15, 0.2) is 0 Å². The summed E-state index contributed by atoms with van der Waals surface area (Å²) in [6, 6.07) is 0. The number of aromatic nitrogens is 2. The van der Waals surface area contributed by atoms with Gasteiger partial charge < -0.3 is 5.32 Å². The van der Waals surface area contributed by atoms with E-state index < -0.39 is 0 Å². The van der Waals surface area contributed by atoms with E-state index in [1.165, 1.54) is 38.5 Å². The molecule has 0 aromatic carbocycles. The zero-order valence-electron chi connectivity index (χ0n) is 14.9. The Bertz CT molecular complexity index is 616. The van der Waals surface area contributed by atoms with Crippen LogP contribution in [0.5, 0.6) is 0 Å². The maximum absolute atomic E-state index is 13.1. The number of nitrogens with one attached hydrogen (secondary N) is 1. The minimum absolute atomic E-state index is 0.104. The molecule has 1 aromatic heterocycles. The highest BCUT2D eigenvalue weighted by molar-refractivity contribution is 7.15. The summed E-state index contributed by atoms with van der Waals surface area (Å²) < 4.78 is 0. The number of hydrogen-bond acceptors (Lipinski definition) is 5. The van der Waals surface area contributed by atoms with E-state index >= 15 is 0 Å². The Morgan fingerprint density at radius 2 is 1.68 bits per heavy atom. The molecule has 0 atom stereocenters. The largest absolute Gasteiger partial charge is 0.300 e. The van der Waals surface area contributed by atoms with Crippen molar-refractivity contribution < 1.29 is 4.79 Å². The monoisotopic (exact) mass is 360 g/mol. The fraction of sp³-hybridized carbons (Fsp3) is 0.842. The van der Waals surface area contributed by atoms with E-state index in [-0.39, 0.29) is 11.3 Å². The van der Waals surface area contributed by atoms with Crippen LogP contribution in [0.3, 0.4) is 0 Å². The molecule has 5 fully saturated rings. The molecule has 4 bridgehead atoms. The summed E-state index contributed by atoms with van der Waals surface area (Å²) >= 11 is 1.56. The Labute approximate surface area is 153 Å². The van der Waals surface area contributed by atoms with Gasteiger partial charge in [-0.2, -0.15) is 0 Å². The van der Waals surface area contributed by atoms with Gasteiger partial charge in [-0.15, -0.1) is 10.2 Å². The standard InChI is InChI=1S/C19H28N4OS/c24-17(19-9-13-6-14(10-19)8-15(7-13)11-19)20-18-22-21-16(25-18)12-23-4-2-1-3-5-23/h13-15H,1-12H2,(H,20,22,24). The Hall–Kier alpha value is -1.01. The minimum Gasteiger partial charge on any atom is -0.300 e. The van der Waals surface area contributed by atoms with Crippen molar-refractivity contribution in [3.8, 4) is 0 Å². The summed E-state index contributed by atoms with van der Waals surface area (Å²) in [4.78, 5) is 15.5. The van der Waals surface area contributed by atoms with E-state index in [0.29, 0.717) is 5.13 Å². The smallest absolute Gasteiger partial charge is 0.232 e. The number of rotatable bonds is 4. The second kappa shape index (κ2) is 6.31. The van der Waals surface area contributed by atoms with Crippen molar-refractivity contribution in [1.29, 1.82) is 0 Å². The van der Waals surface area contributed by atoms with Crippen LogP contribution in [0.2, 0.25) is 0 Å². The second-order valence-electron chi connectivity index (χ2n) is 8.99.